The van der Waals surface area contributed by atoms with Gasteiger partial charge in [0.25, 0.3) is 15.0 Å². The highest BCUT2D eigenvalue weighted by atomic mass is 35.7. The maximum absolute atomic E-state index is 11.8. The lowest BCUT2D eigenvalue weighted by Gasteiger charge is -2.08. The molecule has 0 spiro atoms. The number of rotatable bonds is 8. The second kappa shape index (κ2) is 8.36. The number of halogens is 1. The number of carbonyl (C=O) groups is 1. The largest absolute Gasteiger partial charge is 0.381 e. The number of amides is 1. The van der Waals surface area contributed by atoms with E-state index in [1.165, 1.54) is 24.3 Å². The molecule has 7 heteroatoms. The molecule has 1 N–H and O–H groups in total. The maximum atomic E-state index is 11.8. The van der Waals surface area contributed by atoms with Gasteiger partial charge in [-0.25, -0.2) is 8.42 Å². The van der Waals surface area contributed by atoms with Crippen LogP contribution < -0.4 is 5.32 Å². The van der Waals surface area contributed by atoms with Gasteiger partial charge in [-0.05, 0) is 36.6 Å². The van der Waals surface area contributed by atoms with Gasteiger partial charge in [0.15, 0.2) is 0 Å². The highest BCUT2D eigenvalue weighted by molar-refractivity contribution is 8.13. The fraction of sp³-hybridized carbons (Fsp3) is 0.500. The lowest BCUT2D eigenvalue weighted by atomic mass is 10.2. The predicted octanol–water partition coefficient (Wildman–Crippen LogP) is 2.41. The van der Waals surface area contributed by atoms with Crippen molar-refractivity contribution in [2.24, 2.45) is 5.92 Å². The maximum Gasteiger partial charge on any atom is 0.261 e. The van der Waals surface area contributed by atoms with Crippen molar-refractivity contribution in [3.05, 3.63) is 29.8 Å². The number of benzene rings is 1. The first-order valence-electron chi connectivity index (χ1n) is 6.71. The predicted molar refractivity (Wildman–Crippen MR) is 82.1 cm³/mol. The van der Waals surface area contributed by atoms with Gasteiger partial charge in [0, 0.05) is 36.0 Å². The van der Waals surface area contributed by atoms with Crippen LogP contribution in [0.2, 0.25) is 0 Å². The Morgan fingerprint density at radius 2 is 1.90 bits per heavy atom. The van der Waals surface area contributed by atoms with E-state index < -0.39 is 9.05 Å². The molecule has 0 fully saturated rings. The topological polar surface area (TPSA) is 72.5 Å². The summed E-state index contributed by atoms with van der Waals surface area (Å²) in [6.45, 7) is 5.97. The van der Waals surface area contributed by atoms with Crippen molar-refractivity contribution in [1.82, 2.24) is 5.32 Å². The Hall–Kier alpha value is -1.11. The number of ether oxygens (including phenoxy) is 1. The fourth-order valence-electron chi connectivity index (χ4n) is 1.57. The van der Waals surface area contributed by atoms with Crippen molar-refractivity contribution in [2.75, 3.05) is 19.8 Å². The first-order valence-corrected chi connectivity index (χ1v) is 9.02. The zero-order valence-electron chi connectivity index (χ0n) is 12.1. The highest BCUT2D eigenvalue weighted by Gasteiger charge is 2.11. The lowest BCUT2D eigenvalue weighted by Crippen LogP contribution is -2.25. The summed E-state index contributed by atoms with van der Waals surface area (Å²) in [7, 11) is 1.45. The third kappa shape index (κ3) is 6.93. The van der Waals surface area contributed by atoms with E-state index in [0.717, 1.165) is 6.42 Å². The van der Waals surface area contributed by atoms with E-state index in [1.54, 1.807) is 0 Å². The van der Waals surface area contributed by atoms with Crippen molar-refractivity contribution in [3.8, 4) is 0 Å². The third-order valence-electron chi connectivity index (χ3n) is 2.60. The Balaban J connectivity index is 2.36. The molecule has 0 unspecified atom stereocenters. The Morgan fingerprint density at radius 3 is 2.43 bits per heavy atom. The summed E-state index contributed by atoms with van der Waals surface area (Å²) in [6, 6.07) is 5.48. The molecular formula is C14H20ClNO4S. The van der Waals surface area contributed by atoms with E-state index in [9.17, 15) is 13.2 Å². The van der Waals surface area contributed by atoms with Crippen LogP contribution in [0.5, 0.6) is 0 Å². The molecule has 0 aromatic heterocycles. The van der Waals surface area contributed by atoms with Gasteiger partial charge in [-0.1, -0.05) is 13.8 Å². The summed E-state index contributed by atoms with van der Waals surface area (Å²) in [4.78, 5) is 11.8. The van der Waals surface area contributed by atoms with E-state index in [4.69, 9.17) is 15.4 Å². The van der Waals surface area contributed by atoms with E-state index in [2.05, 4.69) is 19.2 Å². The Bertz CT molecular complexity index is 555. The van der Waals surface area contributed by atoms with E-state index in [0.29, 0.717) is 31.2 Å². The van der Waals surface area contributed by atoms with Gasteiger partial charge in [0.2, 0.25) is 0 Å². The molecule has 0 aliphatic carbocycles. The van der Waals surface area contributed by atoms with Crippen LogP contribution in [0.15, 0.2) is 29.2 Å². The van der Waals surface area contributed by atoms with Gasteiger partial charge in [0.05, 0.1) is 4.90 Å². The van der Waals surface area contributed by atoms with Crippen LogP contribution in [0.3, 0.4) is 0 Å². The molecule has 0 aliphatic heterocycles. The molecule has 0 atom stereocenters. The summed E-state index contributed by atoms with van der Waals surface area (Å²) < 4.78 is 27.6. The molecule has 0 aliphatic rings. The normalized spacial score (nSPS) is 11.6. The standard InChI is InChI=1S/C14H20ClNO4S/c1-11(2)10-20-9-3-8-16-14(17)12-4-6-13(7-5-12)21(15,18)19/h4-7,11H,3,8-10H2,1-2H3,(H,16,17). The average Bonchev–Trinajstić information content (AvgIpc) is 2.41. The minimum absolute atomic E-state index is 0.0252. The van der Waals surface area contributed by atoms with Gasteiger partial charge in [-0.3, -0.25) is 4.79 Å². The minimum atomic E-state index is -3.76. The Morgan fingerprint density at radius 1 is 1.29 bits per heavy atom. The molecule has 0 saturated carbocycles. The fourth-order valence-corrected chi connectivity index (χ4v) is 2.34. The molecule has 21 heavy (non-hydrogen) atoms. The summed E-state index contributed by atoms with van der Waals surface area (Å²) in [5.74, 6) is 0.244. The zero-order chi connectivity index (χ0) is 15.9. The van der Waals surface area contributed by atoms with Crippen molar-refractivity contribution in [2.45, 2.75) is 25.2 Å². The average molecular weight is 334 g/mol. The monoisotopic (exact) mass is 333 g/mol. The molecule has 5 nitrogen and oxygen atoms in total. The second-order valence-electron chi connectivity index (χ2n) is 5.04. The minimum Gasteiger partial charge on any atom is -0.381 e. The van der Waals surface area contributed by atoms with Crippen LogP contribution >= 0.6 is 10.7 Å². The van der Waals surface area contributed by atoms with Crippen molar-refractivity contribution < 1.29 is 17.9 Å². The van der Waals surface area contributed by atoms with Gasteiger partial charge < -0.3 is 10.1 Å². The smallest absolute Gasteiger partial charge is 0.261 e. The van der Waals surface area contributed by atoms with Gasteiger partial charge in [-0.15, -0.1) is 0 Å². The molecule has 1 amide bonds. The van der Waals surface area contributed by atoms with Crippen molar-refractivity contribution in [1.29, 1.82) is 0 Å². The molecule has 0 heterocycles. The molecule has 1 rings (SSSR count). The summed E-state index contributed by atoms with van der Waals surface area (Å²) in [5, 5.41) is 2.74. The van der Waals surface area contributed by atoms with Gasteiger partial charge in [0.1, 0.15) is 0 Å². The van der Waals surface area contributed by atoms with Crippen molar-refractivity contribution >= 4 is 25.6 Å². The number of hydrogen-bond donors (Lipinski definition) is 1. The Labute approximate surface area is 130 Å². The first kappa shape index (κ1) is 17.9. The van der Waals surface area contributed by atoms with E-state index in [1.807, 2.05) is 0 Å². The summed E-state index contributed by atoms with van der Waals surface area (Å²) in [6.07, 6.45) is 0.729. The van der Waals surface area contributed by atoms with E-state index in [-0.39, 0.29) is 10.8 Å². The van der Waals surface area contributed by atoms with Gasteiger partial charge >= 0.3 is 0 Å². The zero-order valence-corrected chi connectivity index (χ0v) is 13.7. The lowest BCUT2D eigenvalue weighted by molar-refractivity contribution is 0.0925. The molecule has 0 bridgehead atoms. The molecule has 0 radical (unpaired) electrons. The van der Waals surface area contributed by atoms with Crippen LogP contribution in [0, 0.1) is 5.92 Å². The molecule has 1 aromatic rings. The number of carbonyl (C=O) groups excluding carboxylic acids is 1. The highest BCUT2D eigenvalue weighted by Crippen LogP contribution is 2.15. The number of hydrogen-bond acceptors (Lipinski definition) is 4. The molecule has 0 saturated heterocycles. The third-order valence-corrected chi connectivity index (χ3v) is 3.97. The van der Waals surface area contributed by atoms with Gasteiger partial charge in [-0.2, -0.15) is 0 Å². The van der Waals surface area contributed by atoms with Crippen LogP contribution in [-0.2, 0) is 13.8 Å². The van der Waals surface area contributed by atoms with Crippen LogP contribution in [-0.4, -0.2) is 34.1 Å². The number of nitrogens with one attached hydrogen (secondary N) is 1. The molecule has 1 aromatic carbocycles. The molecule has 118 valence electrons. The Kier molecular flexibility index (Phi) is 7.14. The SMILES string of the molecule is CC(C)COCCCNC(=O)c1ccc(S(=O)(=O)Cl)cc1. The summed E-state index contributed by atoms with van der Waals surface area (Å²) >= 11 is 0. The summed E-state index contributed by atoms with van der Waals surface area (Å²) in [5.41, 5.74) is 0.391. The van der Waals surface area contributed by atoms with Crippen LogP contribution in [0.1, 0.15) is 30.6 Å². The first-order chi connectivity index (χ1) is 9.80. The second-order valence-corrected chi connectivity index (χ2v) is 7.61. The van der Waals surface area contributed by atoms with Crippen LogP contribution in [0.25, 0.3) is 0 Å². The molecular weight excluding hydrogens is 314 g/mol. The van der Waals surface area contributed by atoms with E-state index >= 15 is 0 Å². The van der Waals surface area contributed by atoms with Crippen molar-refractivity contribution in [3.63, 3.8) is 0 Å². The quantitative estimate of drug-likeness (QED) is 0.585. The van der Waals surface area contributed by atoms with Crippen LogP contribution in [0.4, 0.5) is 0 Å².